The Balaban J connectivity index is 1.56. The normalized spacial score (nSPS) is 16.8. The topological polar surface area (TPSA) is 90.2 Å². The Morgan fingerprint density at radius 2 is 2.00 bits per heavy atom. The van der Waals surface area contributed by atoms with Gasteiger partial charge in [-0.2, -0.15) is 4.68 Å². The summed E-state index contributed by atoms with van der Waals surface area (Å²) in [6.07, 6.45) is 3.30. The SMILES string of the molecule is CS(=O)(=O)c1ccc(-n2nnnc2CN(Cc2cccc(F)c2)CC2CCCO2)cc1. The number of sulfone groups is 1. The molecule has 1 aliphatic heterocycles. The monoisotopic (exact) mass is 445 g/mol. The van der Waals surface area contributed by atoms with Gasteiger partial charge in [-0.05, 0) is 65.2 Å². The average Bonchev–Trinajstić information content (AvgIpc) is 3.39. The average molecular weight is 446 g/mol. The highest BCUT2D eigenvalue weighted by Crippen LogP contribution is 2.19. The minimum absolute atomic E-state index is 0.118. The number of hydrogen-bond donors (Lipinski definition) is 0. The molecule has 1 saturated heterocycles. The lowest BCUT2D eigenvalue weighted by atomic mass is 10.1. The van der Waals surface area contributed by atoms with E-state index in [-0.39, 0.29) is 16.8 Å². The van der Waals surface area contributed by atoms with Crippen LogP contribution in [0.4, 0.5) is 4.39 Å². The van der Waals surface area contributed by atoms with E-state index in [1.165, 1.54) is 30.5 Å². The Morgan fingerprint density at radius 3 is 2.68 bits per heavy atom. The Bertz CT molecular complexity index is 1130. The fourth-order valence-electron chi connectivity index (χ4n) is 3.69. The summed E-state index contributed by atoms with van der Waals surface area (Å²) in [5.41, 5.74) is 1.52. The second kappa shape index (κ2) is 9.21. The van der Waals surface area contributed by atoms with Gasteiger partial charge in [0.2, 0.25) is 0 Å². The van der Waals surface area contributed by atoms with E-state index in [9.17, 15) is 12.8 Å². The summed E-state index contributed by atoms with van der Waals surface area (Å²) < 4.78 is 44.5. The molecule has 0 saturated carbocycles. The van der Waals surface area contributed by atoms with Crippen molar-refractivity contribution < 1.29 is 17.5 Å². The van der Waals surface area contributed by atoms with E-state index in [0.717, 1.165) is 25.0 Å². The first-order valence-electron chi connectivity index (χ1n) is 10.0. The Kier molecular flexibility index (Phi) is 6.40. The molecule has 3 aromatic rings. The molecule has 0 N–H and O–H groups in total. The largest absolute Gasteiger partial charge is 0.377 e. The third-order valence-electron chi connectivity index (χ3n) is 5.19. The van der Waals surface area contributed by atoms with Crippen molar-refractivity contribution in [2.75, 3.05) is 19.4 Å². The Labute approximate surface area is 180 Å². The van der Waals surface area contributed by atoms with E-state index in [4.69, 9.17) is 4.74 Å². The highest BCUT2D eigenvalue weighted by Gasteiger charge is 2.22. The first-order chi connectivity index (χ1) is 14.9. The van der Waals surface area contributed by atoms with Gasteiger partial charge in [-0.1, -0.05) is 12.1 Å². The zero-order valence-electron chi connectivity index (χ0n) is 17.2. The molecule has 8 nitrogen and oxygen atoms in total. The summed E-state index contributed by atoms with van der Waals surface area (Å²) in [4.78, 5) is 2.37. The van der Waals surface area contributed by atoms with Crippen LogP contribution in [-0.2, 0) is 27.7 Å². The van der Waals surface area contributed by atoms with Crippen molar-refractivity contribution in [3.8, 4) is 5.69 Å². The predicted octanol–water partition coefficient (Wildman–Crippen LogP) is 2.39. The fraction of sp³-hybridized carbons (Fsp3) is 0.381. The van der Waals surface area contributed by atoms with Crippen molar-refractivity contribution in [3.05, 3.63) is 65.7 Å². The number of ether oxygens (including phenoxy) is 1. The fourth-order valence-corrected chi connectivity index (χ4v) is 4.32. The third-order valence-corrected chi connectivity index (χ3v) is 6.32. The predicted molar refractivity (Wildman–Crippen MR) is 112 cm³/mol. The van der Waals surface area contributed by atoms with E-state index in [1.807, 2.05) is 6.07 Å². The van der Waals surface area contributed by atoms with Crippen LogP contribution in [0, 0.1) is 5.82 Å². The van der Waals surface area contributed by atoms with E-state index >= 15 is 0 Å². The van der Waals surface area contributed by atoms with E-state index in [2.05, 4.69) is 20.4 Å². The quantitative estimate of drug-likeness (QED) is 0.526. The summed E-state index contributed by atoms with van der Waals surface area (Å²) in [5.74, 6) is 0.326. The van der Waals surface area contributed by atoms with Gasteiger partial charge >= 0.3 is 0 Å². The summed E-state index contributed by atoms with van der Waals surface area (Å²) in [6, 6.07) is 12.9. The molecule has 1 atom stereocenters. The van der Waals surface area contributed by atoms with E-state index in [1.54, 1.807) is 22.9 Å². The smallest absolute Gasteiger partial charge is 0.175 e. The van der Waals surface area contributed by atoms with Crippen LogP contribution >= 0.6 is 0 Å². The van der Waals surface area contributed by atoms with Gasteiger partial charge in [0.05, 0.1) is 23.2 Å². The van der Waals surface area contributed by atoms with Crippen LogP contribution in [0.15, 0.2) is 53.4 Å². The Hall–Kier alpha value is -2.69. The van der Waals surface area contributed by atoms with Crippen LogP contribution in [-0.4, -0.2) is 59.0 Å². The van der Waals surface area contributed by atoms with E-state index in [0.29, 0.717) is 31.1 Å². The van der Waals surface area contributed by atoms with Crippen molar-refractivity contribution in [1.82, 2.24) is 25.1 Å². The second-order valence-electron chi connectivity index (χ2n) is 7.71. The van der Waals surface area contributed by atoms with Crippen molar-refractivity contribution in [2.24, 2.45) is 0 Å². The zero-order chi connectivity index (χ0) is 21.8. The Morgan fingerprint density at radius 1 is 1.19 bits per heavy atom. The third kappa shape index (κ3) is 5.52. The molecule has 2 aromatic carbocycles. The van der Waals surface area contributed by atoms with E-state index < -0.39 is 9.84 Å². The molecule has 4 rings (SSSR count). The van der Waals surface area contributed by atoms with Gasteiger partial charge in [-0.15, -0.1) is 5.10 Å². The molecule has 164 valence electrons. The van der Waals surface area contributed by atoms with Gasteiger partial charge in [0, 0.05) is 26.0 Å². The maximum Gasteiger partial charge on any atom is 0.175 e. The van der Waals surface area contributed by atoms with Gasteiger partial charge < -0.3 is 4.74 Å². The molecule has 0 amide bonds. The van der Waals surface area contributed by atoms with Crippen LogP contribution in [0.1, 0.15) is 24.2 Å². The number of tetrazole rings is 1. The number of rotatable bonds is 8. The molecule has 10 heteroatoms. The van der Waals surface area contributed by atoms with Crippen LogP contribution < -0.4 is 0 Å². The molecule has 1 aromatic heterocycles. The maximum atomic E-state index is 13.7. The van der Waals surface area contributed by atoms with Crippen LogP contribution in [0.2, 0.25) is 0 Å². The summed E-state index contributed by atoms with van der Waals surface area (Å²) in [5, 5.41) is 12.0. The first kappa shape index (κ1) is 21.5. The minimum atomic E-state index is -3.28. The molecule has 0 aliphatic carbocycles. The first-order valence-corrected chi connectivity index (χ1v) is 11.9. The van der Waals surface area contributed by atoms with Crippen molar-refractivity contribution in [3.63, 3.8) is 0 Å². The van der Waals surface area contributed by atoms with Crippen molar-refractivity contribution in [1.29, 1.82) is 0 Å². The standard InChI is InChI=1S/C21H24FN5O3S/c1-31(28,29)20-9-7-18(8-10-20)27-21(23-24-25-27)15-26(14-19-6-3-11-30-19)13-16-4-2-5-17(22)12-16/h2,4-5,7-10,12,19H,3,6,11,13-15H2,1H3. The minimum Gasteiger partial charge on any atom is -0.377 e. The van der Waals surface area contributed by atoms with Crippen molar-refractivity contribution in [2.45, 2.75) is 36.9 Å². The molecule has 1 aliphatic rings. The van der Waals surface area contributed by atoms with Crippen LogP contribution in [0.5, 0.6) is 0 Å². The molecule has 0 spiro atoms. The van der Waals surface area contributed by atoms with Gasteiger partial charge in [-0.3, -0.25) is 4.90 Å². The summed E-state index contributed by atoms with van der Waals surface area (Å²) >= 11 is 0. The molecule has 0 radical (unpaired) electrons. The molecule has 1 unspecified atom stereocenters. The van der Waals surface area contributed by atoms with Gasteiger partial charge in [0.1, 0.15) is 5.82 Å². The zero-order valence-corrected chi connectivity index (χ0v) is 18.0. The van der Waals surface area contributed by atoms with Gasteiger partial charge in [-0.25, -0.2) is 12.8 Å². The van der Waals surface area contributed by atoms with Crippen LogP contribution in [0.3, 0.4) is 0 Å². The molecule has 1 fully saturated rings. The maximum absolute atomic E-state index is 13.7. The molecule has 31 heavy (non-hydrogen) atoms. The molecular weight excluding hydrogens is 421 g/mol. The lowest BCUT2D eigenvalue weighted by molar-refractivity contribution is 0.0667. The van der Waals surface area contributed by atoms with Gasteiger partial charge in [0.15, 0.2) is 15.7 Å². The summed E-state index contributed by atoms with van der Waals surface area (Å²) in [6.45, 7) is 2.38. The van der Waals surface area contributed by atoms with Gasteiger partial charge in [0.25, 0.3) is 0 Å². The van der Waals surface area contributed by atoms with Crippen molar-refractivity contribution >= 4 is 9.84 Å². The lowest BCUT2D eigenvalue weighted by Crippen LogP contribution is -2.32. The molecule has 0 bridgehead atoms. The second-order valence-corrected chi connectivity index (χ2v) is 9.72. The number of hydrogen-bond acceptors (Lipinski definition) is 7. The number of nitrogens with zero attached hydrogens (tertiary/aromatic N) is 5. The number of benzene rings is 2. The lowest BCUT2D eigenvalue weighted by Gasteiger charge is -2.24. The number of halogens is 1. The van der Waals surface area contributed by atoms with Crippen LogP contribution in [0.25, 0.3) is 5.69 Å². The molecule has 2 heterocycles. The molecular formula is C21H24FN5O3S. The summed E-state index contributed by atoms with van der Waals surface area (Å²) in [7, 11) is -3.28. The highest BCUT2D eigenvalue weighted by molar-refractivity contribution is 7.90. The highest BCUT2D eigenvalue weighted by atomic mass is 32.2. The number of aromatic nitrogens is 4.